The number of benzene rings is 1. The third-order valence-electron chi connectivity index (χ3n) is 5.78. The van der Waals surface area contributed by atoms with Gasteiger partial charge in [0.05, 0.1) is 6.54 Å². The maximum absolute atomic E-state index is 13.1. The topological polar surface area (TPSA) is 25.2 Å². The average molecular weight is 371 g/mol. The van der Waals surface area contributed by atoms with Gasteiger partial charge in [-0.1, -0.05) is 49.1 Å². The Hall–Kier alpha value is -1.74. The number of hydrogen-bond donors (Lipinski definition) is 0. The van der Waals surface area contributed by atoms with Crippen LogP contribution in [0.4, 0.5) is 0 Å². The Morgan fingerprint density at radius 2 is 1.81 bits per heavy atom. The molecule has 4 heteroatoms. The second-order valence-corrected chi connectivity index (χ2v) is 8.16. The lowest BCUT2D eigenvalue weighted by molar-refractivity contribution is -0.137. The molecule has 2 aromatic rings. The van der Waals surface area contributed by atoms with Gasteiger partial charge in [-0.3, -0.25) is 4.79 Å². The molecule has 0 N–H and O–H groups in total. The predicted molar refractivity (Wildman–Crippen MR) is 105 cm³/mol. The Morgan fingerprint density at radius 3 is 2.54 bits per heavy atom. The molecule has 2 fully saturated rings. The van der Waals surface area contributed by atoms with Gasteiger partial charge in [0.1, 0.15) is 0 Å². The second-order valence-electron chi connectivity index (χ2n) is 7.75. The van der Waals surface area contributed by atoms with Crippen molar-refractivity contribution in [1.29, 1.82) is 0 Å². The monoisotopic (exact) mass is 370 g/mol. The van der Waals surface area contributed by atoms with Gasteiger partial charge in [0, 0.05) is 35.4 Å². The SMILES string of the molecule is O=C(C1CCCCC1)N(Cc1cccn1Cc1ccccc1Cl)C1CC1. The van der Waals surface area contributed by atoms with Crippen molar-refractivity contribution < 1.29 is 4.79 Å². The molecule has 0 bridgehead atoms. The normalized spacial score (nSPS) is 18.0. The summed E-state index contributed by atoms with van der Waals surface area (Å²) in [6.07, 6.45) is 10.2. The molecule has 1 amide bonds. The summed E-state index contributed by atoms with van der Waals surface area (Å²) in [6.45, 7) is 1.47. The van der Waals surface area contributed by atoms with Gasteiger partial charge < -0.3 is 9.47 Å². The Bertz CT molecular complexity index is 759. The summed E-state index contributed by atoms with van der Waals surface area (Å²) >= 11 is 6.33. The number of amides is 1. The van der Waals surface area contributed by atoms with Crippen molar-refractivity contribution in [2.75, 3.05) is 0 Å². The summed E-state index contributed by atoms with van der Waals surface area (Å²) in [7, 11) is 0. The van der Waals surface area contributed by atoms with E-state index in [1.165, 1.54) is 25.0 Å². The molecular formula is C22H27ClN2O. The van der Waals surface area contributed by atoms with E-state index in [9.17, 15) is 4.79 Å². The summed E-state index contributed by atoms with van der Waals surface area (Å²) < 4.78 is 2.23. The molecule has 0 unspecified atom stereocenters. The summed E-state index contributed by atoms with van der Waals surface area (Å²) in [5.74, 6) is 0.633. The van der Waals surface area contributed by atoms with Crippen LogP contribution in [0.1, 0.15) is 56.2 Å². The van der Waals surface area contributed by atoms with Crippen LogP contribution in [-0.2, 0) is 17.9 Å². The number of aromatic nitrogens is 1. The van der Waals surface area contributed by atoms with Crippen LogP contribution in [0.15, 0.2) is 42.6 Å². The van der Waals surface area contributed by atoms with E-state index in [0.717, 1.165) is 49.4 Å². The van der Waals surface area contributed by atoms with E-state index in [0.29, 0.717) is 11.9 Å². The van der Waals surface area contributed by atoms with Gasteiger partial charge >= 0.3 is 0 Å². The first kappa shape index (κ1) is 17.7. The molecule has 1 aromatic carbocycles. The standard InChI is InChI=1S/C22H27ClN2O/c23-21-11-5-4-9-18(21)15-24-14-6-10-20(24)16-25(19-12-13-19)22(26)17-7-2-1-3-8-17/h4-6,9-11,14,17,19H,1-3,7-8,12-13,15-16H2. The Labute approximate surface area is 160 Å². The van der Waals surface area contributed by atoms with Crippen LogP contribution in [0.3, 0.4) is 0 Å². The number of carbonyl (C=O) groups is 1. The van der Waals surface area contributed by atoms with Gasteiger partial charge in [0.15, 0.2) is 0 Å². The predicted octanol–water partition coefficient (Wildman–Crippen LogP) is 5.26. The molecule has 2 saturated carbocycles. The number of halogens is 1. The fourth-order valence-electron chi connectivity index (χ4n) is 4.09. The maximum atomic E-state index is 13.1. The van der Waals surface area contributed by atoms with Gasteiger partial charge in [0.2, 0.25) is 5.91 Å². The first-order chi connectivity index (χ1) is 12.7. The Balaban J connectivity index is 1.49. The van der Waals surface area contributed by atoms with Gasteiger partial charge in [-0.25, -0.2) is 0 Å². The van der Waals surface area contributed by atoms with Crippen molar-refractivity contribution in [3.8, 4) is 0 Å². The fraction of sp³-hybridized carbons (Fsp3) is 0.500. The highest BCUT2D eigenvalue weighted by atomic mass is 35.5. The van der Waals surface area contributed by atoms with Crippen LogP contribution >= 0.6 is 11.6 Å². The Morgan fingerprint density at radius 1 is 1.04 bits per heavy atom. The zero-order valence-corrected chi connectivity index (χ0v) is 16.0. The highest BCUT2D eigenvalue weighted by Gasteiger charge is 2.36. The molecule has 0 saturated heterocycles. The minimum absolute atomic E-state index is 0.247. The zero-order chi connectivity index (χ0) is 17.9. The molecule has 2 aliphatic rings. The maximum Gasteiger partial charge on any atom is 0.226 e. The zero-order valence-electron chi connectivity index (χ0n) is 15.2. The van der Waals surface area contributed by atoms with Crippen LogP contribution < -0.4 is 0 Å². The van der Waals surface area contributed by atoms with Crippen molar-refractivity contribution in [3.63, 3.8) is 0 Å². The number of hydrogen-bond acceptors (Lipinski definition) is 1. The molecule has 1 aromatic heterocycles. The number of nitrogens with zero attached hydrogens (tertiary/aromatic N) is 2. The minimum Gasteiger partial charge on any atom is -0.345 e. The summed E-state index contributed by atoms with van der Waals surface area (Å²) in [6, 6.07) is 12.6. The number of carbonyl (C=O) groups excluding carboxylic acids is 1. The molecule has 4 rings (SSSR count). The van der Waals surface area contributed by atoms with E-state index in [4.69, 9.17) is 11.6 Å². The number of rotatable bonds is 6. The summed E-state index contributed by atoms with van der Waals surface area (Å²) in [4.78, 5) is 15.3. The van der Waals surface area contributed by atoms with E-state index in [1.807, 2.05) is 18.2 Å². The second kappa shape index (κ2) is 7.87. The molecule has 138 valence electrons. The van der Waals surface area contributed by atoms with E-state index >= 15 is 0 Å². The molecule has 2 aliphatic carbocycles. The van der Waals surface area contributed by atoms with Crippen molar-refractivity contribution in [2.24, 2.45) is 5.92 Å². The van der Waals surface area contributed by atoms with Crippen molar-refractivity contribution in [2.45, 2.75) is 64.1 Å². The molecule has 1 heterocycles. The Kier molecular flexibility index (Phi) is 5.35. The molecular weight excluding hydrogens is 344 g/mol. The van der Waals surface area contributed by atoms with E-state index in [1.54, 1.807) is 0 Å². The summed E-state index contributed by atoms with van der Waals surface area (Å²) in [5.41, 5.74) is 2.31. The molecule has 0 aliphatic heterocycles. The summed E-state index contributed by atoms with van der Waals surface area (Å²) in [5, 5.41) is 0.796. The van der Waals surface area contributed by atoms with Crippen LogP contribution in [0.2, 0.25) is 5.02 Å². The van der Waals surface area contributed by atoms with Gasteiger partial charge in [-0.05, 0) is 49.4 Å². The third kappa shape index (κ3) is 3.98. The van der Waals surface area contributed by atoms with E-state index < -0.39 is 0 Å². The minimum atomic E-state index is 0.247. The molecule has 26 heavy (non-hydrogen) atoms. The van der Waals surface area contributed by atoms with Crippen LogP contribution in [-0.4, -0.2) is 21.4 Å². The highest BCUT2D eigenvalue weighted by molar-refractivity contribution is 6.31. The highest BCUT2D eigenvalue weighted by Crippen LogP contribution is 2.33. The fourth-order valence-corrected chi connectivity index (χ4v) is 4.28. The van der Waals surface area contributed by atoms with Gasteiger partial charge in [-0.2, -0.15) is 0 Å². The lowest BCUT2D eigenvalue weighted by Crippen LogP contribution is -2.38. The van der Waals surface area contributed by atoms with E-state index in [-0.39, 0.29) is 5.92 Å². The third-order valence-corrected chi connectivity index (χ3v) is 6.15. The van der Waals surface area contributed by atoms with Crippen LogP contribution in [0.25, 0.3) is 0 Å². The largest absolute Gasteiger partial charge is 0.345 e. The smallest absolute Gasteiger partial charge is 0.226 e. The quantitative estimate of drug-likeness (QED) is 0.680. The first-order valence-corrected chi connectivity index (χ1v) is 10.3. The van der Waals surface area contributed by atoms with E-state index in [2.05, 4.69) is 33.9 Å². The first-order valence-electron chi connectivity index (χ1n) is 9.90. The van der Waals surface area contributed by atoms with Crippen LogP contribution in [0.5, 0.6) is 0 Å². The molecule has 3 nitrogen and oxygen atoms in total. The molecule has 0 spiro atoms. The van der Waals surface area contributed by atoms with Gasteiger partial charge in [0.25, 0.3) is 0 Å². The van der Waals surface area contributed by atoms with Crippen LogP contribution in [0, 0.1) is 5.92 Å². The molecule has 0 atom stereocenters. The lowest BCUT2D eigenvalue weighted by Gasteiger charge is -2.30. The van der Waals surface area contributed by atoms with Crippen molar-refractivity contribution in [1.82, 2.24) is 9.47 Å². The molecule has 0 radical (unpaired) electrons. The average Bonchev–Trinajstić information content (AvgIpc) is 3.42. The van der Waals surface area contributed by atoms with Crippen molar-refractivity contribution >= 4 is 17.5 Å². The lowest BCUT2D eigenvalue weighted by atomic mass is 9.88. The van der Waals surface area contributed by atoms with Crippen molar-refractivity contribution in [3.05, 3.63) is 58.9 Å². The van der Waals surface area contributed by atoms with Gasteiger partial charge in [-0.15, -0.1) is 0 Å².